The van der Waals surface area contributed by atoms with E-state index in [1.807, 2.05) is 0 Å². The second-order valence-corrected chi connectivity index (χ2v) is 4.67. The fourth-order valence-corrected chi connectivity index (χ4v) is 1.47. The zero-order chi connectivity index (χ0) is 10.8. The molecule has 1 N–H and O–H groups in total. The van der Waals surface area contributed by atoms with Crippen LogP contribution in [0, 0.1) is 0 Å². The van der Waals surface area contributed by atoms with Crippen molar-refractivity contribution < 1.29 is 17.5 Å². The van der Waals surface area contributed by atoms with Gasteiger partial charge in [-0.15, -0.1) is 0 Å². The average molecular weight is 217 g/mol. The summed E-state index contributed by atoms with van der Waals surface area (Å²) in [5, 5.41) is -0.964. The fourth-order valence-electron chi connectivity index (χ4n) is 1.04. The third-order valence-corrected chi connectivity index (χ3v) is 3.01. The molecule has 0 bridgehead atoms. The molecular formula is C8H13N2O3S+. The summed E-state index contributed by atoms with van der Waals surface area (Å²) in [5.74, 6) is 0. The molecule has 6 heteroatoms. The monoisotopic (exact) mass is 217 g/mol. The molecule has 0 fully saturated rings. The van der Waals surface area contributed by atoms with E-state index in [-0.39, 0.29) is 0 Å². The van der Waals surface area contributed by atoms with Gasteiger partial charge in [0.1, 0.15) is 18.9 Å². The lowest BCUT2D eigenvalue weighted by Crippen LogP contribution is -2.30. The Morgan fingerprint density at radius 1 is 1.71 bits per heavy atom. The number of aromatic nitrogens is 2. The minimum absolute atomic E-state index is 0.602. The lowest BCUT2D eigenvalue weighted by Gasteiger charge is -2.02. The molecule has 1 aromatic heterocycles. The quantitative estimate of drug-likeness (QED) is 0.450. The van der Waals surface area contributed by atoms with Gasteiger partial charge < -0.3 is 0 Å². The van der Waals surface area contributed by atoms with Crippen LogP contribution in [0.3, 0.4) is 0 Å². The highest BCUT2D eigenvalue weighted by Crippen LogP contribution is 2.10. The topological polar surface area (TPSA) is 63.2 Å². The third-order valence-electron chi connectivity index (χ3n) is 1.90. The highest BCUT2D eigenvalue weighted by molar-refractivity contribution is 7.85. The zero-order valence-electron chi connectivity index (χ0n) is 7.87. The number of rotatable bonds is 4. The van der Waals surface area contributed by atoms with Crippen LogP contribution < -0.4 is 4.57 Å². The molecule has 1 aromatic rings. The van der Waals surface area contributed by atoms with Crippen molar-refractivity contribution >= 4 is 10.1 Å². The van der Waals surface area contributed by atoms with Crippen molar-refractivity contribution in [2.75, 3.05) is 0 Å². The predicted octanol–water partition coefficient (Wildman–Crippen LogP) is 0.368. The number of allylic oxidation sites excluding steroid dienone is 1. The molecule has 0 saturated carbocycles. The Labute approximate surface area is 83.0 Å². The van der Waals surface area contributed by atoms with Crippen LogP contribution in [0.5, 0.6) is 0 Å². The van der Waals surface area contributed by atoms with Crippen LogP contribution in [0.25, 0.3) is 0 Å². The Kier molecular flexibility index (Phi) is 3.07. The predicted molar refractivity (Wildman–Crippen MR) is 51.1 cm³/mol. The Morgan fingerprint density at radius 3 is 2.86 bits per heavy atom. The summed E-state index contributed by atoms with van der Waals surface area (Å²) in [6.07, 6.45) is 6.59. The smallest absolute Gasteiger partial charge is 0.282 e. The van der Waals surface area contributed by atoms with Crippen molar-refractivity contribution in [3.63, 3.8) is 0 Å². The van der Waals surface area contributed by atoms with Gasteiger partial charge >= 0.3 is 10.1 Å². The minimum Gasteiger partial charge on any atom is -0.282 e. The van der Waals surface area contributed by atoms with Crippen LogP contribution in [0.4, 0.5) is 0 Å². The molecule has 0 aliphatic carbocycles. The van der Waals surface area contributed by atoms with E-state index in [9.17, 15) is 8.42 Å². The van der Waals surface area contributed by atoms with Crippen molar-refractivity contribution in [2.45, 2.75) is 18.8 Å². The maximum atomic E-state index is 10.8. The van der Waals surface area contributed by atoms with Gasteiger partial charge in [-0.3, -0.25) is 4.55 Å². The lowest BCUT2D eigenvalue weighted by atomic mass is 10.6. The van der Waals surface area contributed by atoms with Gasteiger partial charge in [-0.25, -0.2) is 9.13 Å². The summed E-state index contributed by atoms with van der Waals surface area (Å²) in [5.41, 5.74) is 0. The summed E-state index contributed by atoms with van der Waals surface area (Å²) >= 11 is 0. The second-order valence-electron chi connectivity index (χ2n) is 2.96. The minimum atomic E-state index is -4.03. The molecule has 5 nitrogen and oxygen atoms in total. The number of hydrogen-bond donors (Lipinski definition) is 1. The lowest BCUT2D eigenvalue weighted by molar-refractivity contribution is -0.686. The summed E-state index contributed by atoms with van der Waals surface area (Å²) < 4.78 is 33.6. The molecule has 14 heavy (non-hydrogen) atoms. The zero-order valence-corrected chi connectivity index (χ0v) is 8.68. The Hall–Kier alpha value is -1.14. The van der Waals surface area contributed by atoms with Crippen molar-refractivity contribution in [2.24, 2.45) is 0 Å². The van der Waals surface area contributed by atoms with E-state index in [2.05, 4.69) is 6.58 Å². The maximum absolute atomic E-state index is 10.8. The number of imidazole rings is 1. The average Bonchev–Trinajstić information content (AvgIpc) is 2.50. The van der Waals surface area contributed by atoms with Gasteiger partial charge in [-0.2, -0.15) is 8.42 Å². The summed E-state index contributed by atoms with van der Waals surface area (Å²) in [6.45, 7) is 5.57. The van der Waals surface area contributed by atoms with Crippen LogP contribution in [0.15, 0.2) is 31.4 Å². The molecule has 0 spiro atoms. The van der Waals surface area contributed by atoms with Gasteiger partial charge in [0.15, 0.2) is 0 Å². The van der Waals surface area contributed by atoms with Crippen molar-refractivity contribution in [3.05, 3.63) is 31.4 Å². The molecule has 78 valence electrons. The first-order valence-corrected chi connectivity index (χ1v) is 5.59. The standard InChI is InChI=1S/C8H12N2O3S/c1-3-4-9-5-6-10(7-9)8(2)14(11,12)13/h3,5-8H,1,4H2,2H3/p+1. The Morgan fingerprint density at radius 2 is 2.36 bits per heavy atom. The van der Waals surface area contributed by atoms with Gasteiger partial charge in [0.25, 0.3) is 0 Å². The van der Waals surface area contributed by atoms with Gasteiger partial charge in [-0.05, 0) is 6.92 Å². The molecule has 0 amide bonds. The molecule has 1 rings (SSSR count). The first kappa shape index (κ1) is 10.9. The van der Waals surface area contributed by atoms with Crippen LogP contribution >= 0.6 is 0 Å². The molecule has 0 aliphatic heterocycles. The van der Waals surface area contributed by atoms with Gasteiger partial charge in [0.2, 0.25) is 11.7 Å². The van der Waals surface area contributed by atoms with E-state index in [1.165, 1.54) is 11.5 Å². The molecule has 1 heterocycles. The Balaban J connectivity index is 2.92. The molecule has 0 aliphatic rings. The number of hydrogen-bond acceptors (Lipinski definition) is 2. The van der Waals surface area contributed by atoms with Crippen LogP contribution in [0.2, 0.25) is 0 Å². The second kappa shape index (κ2) is 3.93. The van der Waals surface area contributed by atoms with E-state index in [0.29, 0.717) is 6.54 Å². The van der Waals surface area contributed by atoms with E-state index < -0.39 is 15.5 Å². The van der Waals surface area contributed by atoms with Crippen LogP contribution in [-0.2, 0) is 16.7 Å². The molecular weight excluding hydrogens is 204 g/mol. The molecule has 1 unspecified atom stereocenters. The first-order chi connectivity index (χ1) is 6.45. The van der Waals surface area contributed by atoms with Crippen molar-refractivity contribution in [1.29, 1.82) is 0 Å². The summed E-state index contributed by atoms with van der Waals surface area (Å²) in [7, 11) is -4.03. The largest absolute Gasteiger partial charge is 0.307 e. The van der Waals surface area contributed by atoms with E-state index in [4.69, 9.17) is 4.55 Å². The molecule has 0 aromatic carbocycles. The normalized spacial score (nSPS) is 13.9. The van der Waals surface area contributed by atoms with E-state index in [0.717, 1.165) is 0 Å². The SMILES string of the molecule is C=CC[n+]1ccn(C(C)S(=O)(=O)O)c1. The van der Waals surface area contributed by atoms with Gasteiger partial charge in [0, 0.05) is 0 Å². The van der Waals surface area contributed by atoms with Crippen LogP contribution in [0.1, 0.15) is 12.3 Å². The van der Waals surface area contributed by atoms with Gasteiger partial charge in [0.05, 0.1) is 0 Å². The van der Waals surface area contributed by atoms with Crippen molar-refractivity contribution in [3.8, 4) is 0 Å². The van der Waals surface area contributed by atoms with Crippen LogP contribution in [-0.4, -0.2) is 17.5 Å². The maximum Gasteiger partial charge on any atom is 0.307 e. The summed E-state index contributed by atoms with van der Waals surface area (Å²) in [6, 6.07) is 0. The fraction of sp³-hybridized carbons (Fsp3) is 0.375. The first-order valence-electron chi connectivity index (χ1n) is 4.09. The highest BCUT2D eigenvalue weighted by atomic mass is 32.2. The highest BCUT2D eigenvalue weighted by Gasteiger charge is 2.23. The molecule has 0 radical (unpaired) electrons. The van der Waals surface area contributed by atoms with E-state index >= 15 is 0 Å². The Bertz CT molecular complexity index is 422. The molecule has 1 atom stereocenters. The van der Waals surface area contributed by atoms with Crippen molar-refractivity contribution in [1.82, 2.24) is 4.57 Å². The summed E-state index contributed by atoms with van der Waals surface area (Å²) in [4.78, 5) is 0. The van der Waals surface area contributed by atoms with Gasteiger partial charge in [-0.1, -0.05) is 12.7 Å². The number of nitrogens with zero attached hydrogens (tertiary/aromatic N) is 2. The molecule has 0 saturated heterocycles. The van der Waals surface area contributed by atoms with E-state index in [1.54, 1.807) is 29.4 Å². The third kappa shape index (κ3) is 2.43.